The fourth-order valence-electron chi connectivity index (χ4n) is 2.89. The highest BCUT2D eigenvalue weighted by atomic mass is 16.5. The van der Waals surface area contributed by atoms with Crippen molar-refractivity contribution in [1.29, 1.82) is 0 Å². The van der Waals surface area contributed by atoms with Gasteiger partial charge in [-0.25, -0.2) is 9.78 Å². The van der Waals surface area contributed by atoms with E-state index < -0.39 is 5.97 Å². The number of nitrogens with zero attached hydrogens (tertiary/aromatic N) is 2. The molecule has 2 heterocycles. The average Bonchev–Trinajstić information content (AvgIpc) is 3.15. The minimum Gasteiger partial charge on any atom is -0.478 e. The van der Waals surface area contributed by atoms with E-state index in [0.29, 0.717) is 17.2 Å². The molecule has 1 aromatic carbocycles. The Hall–Kier alpha value is -2.63. The standard InChI is InChI=1S/C16H15N3O3/c1-7-13(8(2)22-19-7)10-5-11(16(20)21)14-12(6-10)17-15(18-14)9-3-4-9/h5-6,9H,3-4H2,1-2H3,(H,17,18)(H,20,21). The minimum atomic E-state index is -0.979. The first-order valence-corrected chi connectivity index (χ1v) is 7.25. The van der Waals surface area contributed by atoms with Crippen molar-refractivity contribution < 1.29 is 14.4 Å². The zero-order valence-electron chi connectivity index (χ0n) is 12.3. The number of carboxylic acids is 1. The molecule has 2 aromatic heterocycles. The van der Waals surface area contributed by atoms with Gasteiger partial charge in [-0.3, -0.25) is 0 Å². The van der Waals surface area contributed by atoms with Crippen LogP contribution in [0.5, 0.6) is 0 Å². The van der Waals surface area contributed by atoms with Gasteiger partial charge in [0.1, 0.15) is 17.1 Å². The zero-order chi connectivity index (χ0) is 15.4. The molecule has 1 fully saturated rings. The van der Waals surface area contributed by atoms with Crippen LogP contribution >= 0.6 is 0 Å². The Bertz CT molecular complexity index is 883. The smallest absolute Gasteiger partial charge is 0.337 e. The third kappa shape index (κ3) is 1.91. The normalized spacial score (nSPS) is 14.6. The van der Waals surface area contributed by atoms with Gasteiger partial charge < -0.3 is 14.6 Å². The molecule has 1 aliphatic carbocycles. The maximum absolute atomic E-state index is 11.6. The van der Waals surface area contributed by atoms with Crippen LogP contribution in [0.15, 0.2) is 16.7 Å². The molecule has 6 nitrogen and oxygen atoms in total. The van der Waals surface area contributed by atoms with E-state index in [2.05, 4.69) is 15.1 Å². The van der Waals surface area contributed by atoms with Gasteiger partial charge in [0.2, 0.25) is 0 Å². The first-order valence-electron chi connectivity index (χ1n) is 7.25. The number of aromatic amines is 1. The van der Waals surface area contributed by atoms with E-state index >= 15 is 0 Å². The minimum absolute atomic E-state index is 0.204. The molecule has 0 amide bonds. The lowest BCUT2D eigenvalue weighted by atomic mass is 10.0. The number of aromatic carboxylic acids is 1. The molecule has 0 aliphatic heterocycles. The molecule has 1 saturated carbocycles. The van der Waals surface area contributed by atoms with Crippen molar-refractivity contribution in [1.82, 2.24) is 15.1 Å². The highest BCUT2D eigenvalue weighted by Gasteiger charge is 2.28. The van der Waals surface area contributed by atoms with E-state index in [-0.39, 0.29) is 5.56 Å². The Kier molecular flexibility index (Phi) is 2.63. The molecule has 1 aliphatic rings. The van der Waals surface area contributed by atoms with Crippen LogP contribution in [-0.4, -0.2) is 26.2 Å². The van der Waals surface area contributed by atoms with Gasteiger partial charge in [0.25, 0.3) is 0 Å². The predicted octanol–water partition coefficient (Wildman–Crippen LogP) is 3.41. The molecule has 6 heteroatoms. The van der Waals surface area contributed by atoms with Crippen LogP contribution in [0.25, 0.3) is 22.2 Å². The van der Waals surface area contributed by atoms with Crippen molar-refractivity contribution in [2.24, 2.45) is 0 Å². The SMILES string of the molecule is Cc1noc(C)c1-c1cc(C(=O)O)c2nc(C3CC3)[nH]c2c1. The van der Waals surface area contributed by atoms with Crippen molar-refractivity contribution in [3.8, 4) is 11.1 Å². The van der Waals surface area contributed by atoms with Gasteiger partial charge in [0.05, 0.1) is 16.8 Å². The largest absolute Gasteiger partial charge is 0.478 e. The zero-order valence-corrected chi connectivity index (χ0v) is 12.3. The van der Waals surface area contributed by atoms with E-state index in [1.807, 2.05) is 19.9 Å². The molecule has 0 atom stereocenters. The number of fused-ring (bicyclic) bond motifs is 1. The molecule has 2 N–H and O–H groups in total. The van der Waals surface area contributed by atoms with Crippen LogP contribution < -0.4 is 0 Å². The van der Waals surface area contributed by atoms with Crippen molar-refractivity contribution in [2.75, 3.05) is 0 Å². The predicted molar refractivity (Wildman–Crippen MR) is 80.0 cm³/mol. The number of H-pyrrole nitrogens is 1. The molecule has 0 unspecified atom stereocenters. The number of rotatable bonds is 3. The second kappa shape index (κ2) is 4.43. The van der Waals surface area contributed by atoms with Crippen LogP contribution in [0.4, 0.5) is 0 Å². The fraction of sp³-hybridized carbons (Fsp3) is 0.312. The molecule has 0 saturated heterocycles. The van der Waals surface area contributed by atoms with Gasteiger partial charge in [-0.2, -0.15) is 0 Å². The second-order valence-corrected chi connectivity index (χ2v) is 5.82. The lowest BCUT2D eigenvalue weighted by Crippen LogP contribution is -1.98. The average molecular weight is 297 g/mol. The van der Waals surface area contributed by atoms with Crippen molar-refractivity contribution >= 4 is 17.0 Å². The highest BCUT2D eigenvalue weighted by molar-refractivity contribution is 6.03. The molecule has 0 radical (unpaired) electrons. The van der Waals surface area contributed by atoms with E-state index in [0.717, 1.165) is 41.0 Å². The number of hydrogen-bond donors (Lipinski definition) is 2. The van der Waals surface area contributed by atoms with E-state index in [9.17, 15) is 9.90 Å². The maximum Gasteiger partial charge on any atom is 0.337 e. The molecular weight excluding hydrogens is 282 g/mol. The number of hydrogen-bond acceptors (Lipinski definition) is 4. The van der Waals surface area contributed by atoms with Crippen molar-refractivity contribution in [3.05, 3.63) is 35.0 Å². The molecule has 22 heavy (non-hydrogen) atoms. The molecule has 0 bridgehead atoms. The summed E-state index contributed by atoms with van der Waals surface area (Å²) in [5, 5.41) is 13.5. The summed E-state index contributed by atoms with van der Waals surface area (Å²) in [4.78, 5) is 19.4. The Balaban J connectivity index is 1.98. The number of imidazole rings is 1. The number of aromatic nitrogens is 3. The van der Waals surface area contributed by atoms with Crippen LogP contribution in [0.1, 0.15) is 46.4 Å². The van der Waals surface area contributed by atoms with E-state index in [1.165, 1.54) is 0 Å². The highest BCUT2D eigenvalue weighted by Crippen LogP contribution is 2.40. The third-order valence-corrected chi connectivity index (χ3v) is 4.12. The van der Waals surface area contributed by atoms with Crippen LogP contribution in [0.2, 0.25) is 0 Å². The molecule has 0 spiro atoms. The Labute approximate surface area is 126 Å². The van der Waals surface area contributed by atoms with Gasteiger partial charge in [-0.15, -0.1) is 0 Å². The maximum atomic E-state index is 11.6. The lowest BCUT2D eigenvalue weighted by Gasteiger charge is -2.03. The molecule has 4 rings (SSSR count). The number of carboxylic acid groups (broad SMARTS) is 1. The summed E-state index contributed by atoms with van der Waals surface area (Å²) in [6, 6.07) is 3.57. The number of carbonyl (C=O) groups is 1. The molecular formula is C16H15N3O3. The quantitative estimate of drug-likeness (QED) is 0.773. The Morgan fingerprint density at radius 1 is 1.36 bits per heavy atom. The first-order chi connectivity index (χ1) is 10.5. The topological polar surface area (TPSA) is 92.0 Å². The Morgan fingerprint density at radius 2 is 2.14 bits per heavy atom. The van der Waals surface area contributed by atoms with Gasteiger partial charge in [0, 0.05) is 11.5 Å². The summed E-state index contributed by atoms with van der Waals surface area (Å²) in [6.07, 6.45) is 2.22. The van der Waals surface area contributed by atoms with Crippen molar-refractivity contribution in [2.45, 2.75) is 32.6 Å². The van der Waals surface area contributed by atoms with Crippen LogP contribution in [0.3, 0.4) is 0 Å². The first kappa shape index (κ1) is 13.1. The number of aryl methyl sites for hydroxylation is 2. The van der Waals surface area contributed by atoms with Crippen molar-refractivity contribution in [3.63, 3.8) is 0 Å². The molecule has 112 valence electrons. The fourth-order valence-corrected chi connectivity index (χ4v) is 2.89. The summed E-state index contributed by atoms with van der Waals surface area (Å²) in [6.45, 7) is 3.67. The van der Waals surface area contributed by atoms with Crippen LogP contribution in [0, 0.1) is 13.8 Å². The molecule has 3 aromatic rings. The summed E-state index contributed by atoms with van der Waals surface area (Å²) in [5.74, 6) is 1.02. The van der Waals surface area contributed by atoms with E-state index in [1.54, 1.807) is 6.07 Å². The van der Waals surface area contributed by atoms with Gasteiger partial charge in [-0.1, -0.05) is 5.16 Å². The third-order valence-electron chi connectivity index (χ3n) is 4.12. The summed E-state index contributed by atoms with van der Waals surface area (Å²) < 4.78 is 5.19. The summed E-state index contributed by atoms with van der Waals surface area (Å²) in [5.41, 5.74) is 3.84. The lowest BCUT2D eigenvalue weighted by molar-refractivity contribution is 0.0699. The second-order valence-electron chi connectivity index (χ2n) is 5.82. The Morgan fingerprint density at radius 3 is 2.73 bits per heavy atom. The van der Waals surface area contributed by atoms with E-state index in [4.69, 9.17) is 4.52 Å². The monoisotopic (exact) mass is 297 g/mol. The van der Waals surface area contributed by atoms with Gasteiger partial charge >= 0.3 is 5.97 Å². The number of benzene rings is 1. The van der Waals surface area contributed by atoms with Gasteiger partial charge in [-0.05, 0) is 44.4 Å². The van der Waals surface area contributed by atoms with Crippen LogP contribution in [-0.2, 0) is 0 Å². The van der Waals surface area contributed by atoms with Gasteiger partial charge in [0.15, 0.2) is 0 Å². The summed E-state index contributed by atoms with van der Waals surface area (Å²) in [7, 11) is 0. The summed E-state index contributed by atoms with van der Waals surface area (Å²) >= 11 is 0. The number of nitrogens with one attached hydrogen (secondary N) is 1.